The third kappa shape index (κ3) is 4.00. The van der Waals surface area contributed by atoms with E-state index >= 15 is 0 Å². The van der Waals surface area contributed by atoms with E-state index in [1.807, 2.05) is 29.7 Å². The standard InChI is InChI=1S/C20H20N6O3S/c1-13-22-23-20(30-13)21-18(27)15-11-25(9-6-10-29-2)12-16-17(15)24-26(19(16)28)14-7-4-3-5-8-14/h3-5,7-8,11-12H,6,9-10H2,1-2H3,(H,21,23,27). The fourth-order valence-corrected chi connectivity index (χ4v) is 3.69. The molecule has 1 aromatic carbocycles. The highest BCUT2D eigenvalue weighted by molar-refractivity contribution is 7.15. The van der Waals surface area contributed by atoms with Crippen LogP contribution in [0.2, 0.25) is 0 Å². The van der Waals surface area contributed by atoms with E-state index in [1.165, 1.54) is 16.0 Å². The van der Waals surface area contributed by atoms with Gasteiger partial charge in [-0.3, -0.25) is 14.9 Å². The zero-order valence-corrected chi connectivity index (χ0v) is 17.3. The van der Waals surface area contributed by atoms with Gasteiger partial charge in [-0.1, -0.05) is 29.5 Å². The summed E-state index contributed by atoms with van der Waals surface area (Å²) in [6.45, 7) is 2.98. The zero-order chi connectivity index (χ0) is 21.1. The molecular formula is C20H20N6O3S. The van der Waals surface area contributed by atoms with E-state index in [0.29, 0.717) is 40.8 Å². The highest BCUT2D eigenvalue weighted by atomic mass is 32.1. The van der Waals surface area contributed by atoms with Crippen molar-refractivity contribution in [3.05, 3.63) is 63.7 Å². The number of ether oxygens (including phenoxy) is 1. The molecule has 30 heavy (non-hydrogen) atoms. The van der Waals surface area contributed by atoms with Crippen molar-refractivity contribution in [3.63, 3.8) is 0 Å². The van der Waals surface area contributed by atoms with Crippen molar-refractivity contribution in [2.45, 2.75) is 19.9 Å². The number of aryl methyl sites for hydroxylation is 2. The van der Waals surface area contributed by atoms with Crippen molar-refractivity contribution >= 4 is 22.4 Å². The van der Waals surface area contributed by atoms with Gasteiger partial charge in [-0.05, 0) is 25.5 Å². The van der Waals surface area contributed by atoms with Gasteiger partial charge in [0, 0.05) is 32.7 Å². The molecule has 0 atom stereocenters. The predicted molar refractivity (Wildman–Crippen MR) is 114 cm³/mol. The Kier molecular flexibility index (Phi) is 5.68. The third-order valence-electron chi connectivity index (χ3n) is 4.48. The van der Waals surface area contributed by atoms with Crippen molar-refractivity contribution in [1.82, 2.24) is 24.5 Å². The second kappa shape index (κ2) is 8.56. The van der Waals surface area contributed by atoms with Gasteiger partial charge in [-0.25, -0.2) is 0 Å². The number of anilines is 1. The first-order valence-corrected chi connectivity index (χ1v) is 10.2. The number of nitrogens with one attached hydrogen (secondary N) is 1. The number of methoxy groups -OCH3 is 1. The van der Waals surface area contributed by atoms with Crippen LogP contribution in [0, 0.1) is 6.92 Å². The Morgan fingerprint density at radius 2 is 2.00 bits per heavy atom. The van der Waals surface area contributed by atoms with Crippen LogP contribution in [0.4, 0.5) is 5.13 Å². The Morgan fingerprint density at radius 3 is 2.70 bits per heavy atom. The number of carbonyl (C=O) groups is 1. The molecule has 9 nitrogen and oxygen atoms in total. The number of hydrogen-bond acceptors (Lipinski definition) is 7. The van der Waals surface area contributed by atoms with Gasteiger partial charge in [0.05, 0.1) is 16.8 Å². The fraction of sp³-hybridized carbons (Fsp3) is 0.250. The van der Waals surface area contributed by atoms with Gasteiger partial charge in [-0.15, -0.1) is 10.2 Å². The van der Waals surface area contributed by atoms with Crippen molar-refractivity contribution in [3.8, 4) is 16.9 Å². The molecule has 0 unspecified atom stereocenters. The molecule has 0 fully saturated rings. The number of aromatic nitrogens is 5. The maximum Gasteiger partial charge on any atom is 0.282 e. The summed E-state index contributed by atoms with van der Waals surface area (Å²) in [7, 11) is 1.64. The average molecular weight is 424 g/mol. The minimum Gasteiger partial charge on any atom is -0.385 e. The van der Waals surface area contributed by atoms with Crippen LogP contribution in [-0.4, -0.2) is 44.2 Å². The van der Waals surface area contributed by atoms with Crippen LogP contribution >= 0.6 is 11.3 Å². The van der Waals surface area contributed by atoms with Crippen LogP contribution < -0.4 is 10.9 Å². The van der Waals surface area contributed by atoms with Gasteiger partial charge >= 0.3 is 0 Å². The summed E-state index contributed by atoms with van der Waals surface area (Å²) in [5.74, 6) is -0.394. The quantitative estimate of drug-likeness (QED) is 0.457. The Bertz CT molecular complexity index is 1200. The van der Waals surface area contributed by atoms with E-state index in [4.69, 9.17) is 4.74 Å². The summed E-state index contributed by atoms with van der Waals surface area (Å²) in [6, 6.07) is 9.12. The molecule has 0 bridgehead atoms. The molecule has 4 rings (SSSR count). The first-order chi connectivity index (χ1) is 14.6. The smallest absolute Gasteiger partial charge is 0.282 e. The summed E-state index contributed by atoms with van der Waals surface area (Å²) in [5.41, 5.74) is 1.36. The first kappa shape index (κ1) is 19.9. The lowest BCUT2D eigenvalue weighted by molar-refractivity contribution is 0.102. The molecule has 3 heterocycles. The second-order valence-electron chi connectivity index (χ2n) is 6.65. The highest BCUT2D eigenvalue weighted by Crippen LogP contribution is 2.24. The third-order valence-corrected chi connectivity index (χ3v) is 5.23. The van der Waals surface area contributed by atoms with Crippen LogP contribution in [0.1, 0.15) is 21.8 Å². The number of amides is 1. The van der Waals surface area contributed by atoms with Crippen LogP contribution in [0.15, 0.2) is 47.5 Å². The second-order valence-corrected chi connectivity index (χ2v) is 7.83. The Labute approximate surface area is 176 Å². The summed E-state index contributed by atoms with van der Waals surface area (Å²) in [6.07, 6.45) is 4.17. The van der Waals surface area contributed by atoms with Gasteiger partial charge in [0.1, 0.15) is 10.7 Å². The molecule has 1 aromatic heterocycles. The summed E-state index contributed by atoms with van der Waals surface area (Å²) in [5, 5.41) is 16.2. The summed E-state index contributed by atoms with van der Waals surface area (Å²) >= 11 is 1.28. The monoisotopic (exact) mass is 424 g/mol. The Morgan fingerprint density at radius 1 is 1.20 bits per heavy atom. The Balaban J connectivity index is 1.79. The van der Waals surface area contributed by atoms with E-state index in [2.05, 4.69) is 20.6 Å². The van der Waals surface area contributed by atoms with Gasteiger partial charge in [0.25, 0.3) is 11.5 Å². The number of para-hydroxylation sites is 1. The lowest BCUT2D eigenvalue weighted by atomic mass is 10.1. The SMILES string of the molecule is COCCCn1cc(C(=O)Nc2nnc(C)s2)c2nn(-c3ccccc3)c(=O)c-2c1. The summed E-state index contributed by atoms with van der Waals surface area (Å²) < 4.78 is 8.25. The Hall–Kier alpha value is -3.37. The molecule has 1 N–H and O–H groups in total. The fourth-order valence-electron chi connectivity index (χ4n) is 3.10. The molecule has 10 heteroatoms. The topological polar surface area (TPSA) is 104 Å². The number of carbonyl (C=O) groups excluding carboxylic acids is 1. The molecule has 2 aromatic rings. The number of fused-ring (bicyclic) bond motifs is 1. The van der Waals surface area contributed by atoms with E-state index in [1.54, 1.807) is 31.6 Å². The molecule has 1 amide bonds. The first-order valence-electron chi connectivity index (χ1n) is 9.35. The van der Waals surface area contributed by atoms with E-state index in [0.717, 1.165) is 11.4 Å². The van der Waals surface area contributed by atoms with Gasteiger partial charge in [0.15, 0.2) is 0 Å². The van der Waals surface area contributed by atoms with E-state index < -0.39 is 5.91 Å². The number of rotatable bonds is 7. The number of nitrogens with zero attached hydrogens (tertiary/aromatic N) is 5. The van der Waals surface area contributed by atoms with Gasteiger partial charge < -0.3 is 9.30 Å². The van der Waals surface area contributed by atoms with Gasteiger partial charge in [-0.2, -0.15) is 9.78 Å². The van der Waals surface area contributed by atoms with Crippen LogP contribution in [0.25, 0.3) is 16.9 Å². The number of pyridine rings is 1. The van der Waals surface area contributed by atoms with Gasteiger partial charge in [0.2, 0.25) is 5.13 Å². The molecule has 2 aliphatic heterocycles. The lowest BCUT2D eigenvalue weighted by Gasteiger charge is -2.12. The van der Waals surface area contributed by atoms with E-state index in [-0.39, 0.29) is 5.56 Å². The van der Waals surface area contributed by atoms with Crippen molar-refractivity contribution in [1.29, 1.82) is 0 Å². The molecule has 0 spiro atoms. The van der Waals surface area contributed by atoms with E-state index in [9.17, 15) is 9.59 Å². The normalized spacial score (nSPS) is 11.1. The van der Waals surface area contributed by atoms with Crippen LogP contribution in [0.5, 0.6) is 0 Å². The zero-order valence-electron chi connectivity index (χ0n) is 16.5. The summed E-state index contributed by atoms with van der Waals surface area (Å²) in [4.78, 5) is 26.1. The molecular weight excluding hydrogens is 404 g/mol. The van der Waals surface area contributed by atoms with Crippen LogP contribution in [-0.2, 0) is 11.3 Å². The predicted octanol–water partition coefficient (Wildman–Crippen LogP) is 2.59. The maximum absolute atomic E-state index is 13.1. The van der Waals surface area contributed by atoms with Crippen molar-refractivity contribution < 1.29 is 9.53 Å². The maximum atomic E-state index is 13.1. The average Bonchev–Trinajstić information content (AvgIpc) is 3.31. The van der Waals surface area contributed by atoms with Crippen LogP contribution in [0.3, 0.4) is 0 Å². The molecule has 0 radical (unpaired) electrons. The molecule has 0 saturated heterocycles. The molecule has 2 aliphatic rings. The minimum absolute atomic E-state index is 0.280. The number of benzene rings is 1. The van der Waals surface area contributed by atoms with Crippen molar-refractivity contribution in [2.24, 2.45) is 0 Å². The highest BCUT2D eigenvalue weighted by Gasteiger charge is 2.25. The van der Waals surface area contributed by atoms with Crippen molar-refractivity contribution in [2.75, 3.05) is 19.0 Å². The number of hydrogen-bond donors (Lipinski definition) is 1. The minimum atomic E-state index is -0.394. The lowest BCUT2D eigenvalue weighted by Crippen LogP contribution is -2.18. The molecule has 154 valence electrons. The molecule has 0 aliphatic carbocycles. The molecule has 0 saturated carbocycles. The largest absolute Gasteiger partial charge is 0.385 e.